The van der Waals surface area contributed by atoms with Gasteiger partial charge in [-0.05, 0) is 32.3 Å². The Hall–Kier alpha value is -0.980. The fraction of sp³-hybridized carbons (Fsp3) is 0.562. The second-order valence-electron chi connectivity index (χ2n) is 5.20. The van der Waals surface area contributed by atoms with E-state index < -0.39 is 0 Å². The van der Waals surface area contributed by atoms with Crippen LogP contribution in [0.2, 0.25) is 0 Å². The fourth-order valence-corrected chi connectivity index (χ4v) is 2.11. The Morgan fingerprint density at radius 1 is 1.33 bits per heavy atom. The number of guanidine groups is 1. The zero-order valence-electron chi connectivity index (χ0n) is 13.1. The van der Waals surface area contributed by atoms with Gasteiger partial charge in [-0.2, -0.15) is 0 Å². The first-order valence-corrected chi connectivity index (χ1v) is 7.50. The van der Waals surface area contributed by atoms with E-state index in [1.54, 1.807) is 0 Å². The van der Waals surface area contributed by atoms with Crippen molar-refractivity contribution in [2.24, 2.45) is 10.9 Å². The third kappa shape index (κ3) is 5.73. The summed E-state index contributed by atoms with van der Waals surface area (Å²) in [4.78, 5) is 4.66. The quantitative estimate of drug-likeness (QED) is 0.436. The average molecular weight is 403 g/mol. The van der Waals surface area contributed by atoms with Gasteiger partial charge in [-0.25, -0.2) is 4.99 Å². The first kappa shape index (κ1) is 18.1. The van der Waals surface area contributed by atoms with Crippen LogP contribution in [0.4, 0.5) is 0 Å². The summed E-state index contributed by atoms with van der Waals surface area (Å²) in [5.41, 5.74) is 1.12. The highest BCUT2D eigenvalue weighted by Crippen LogP contribution is 2.28. The van der Waals surface area contributed by atoms with Gasteiger partial charge >= 0.3 is 0 Å². The van der Waals surface area contributed by atoms with Gasteiger partial charge in [-0.15, -0.1) is 24.0 Å². The van der Waals surface area contributed by atoms with Crippen molar-refractivity contribution in [1.82, 2.24) is 10.6 Å². The summed E-state index contributed by atoms with van der Waals surface area (Å²) in [6, 6.07) is 8.66. The SMILES string of the molecule is CCNC(=NCc1ccccc1OCC)NC1CC1C.I. The molecule has 0 aromatic heterocycles. The Morgan fingerprint density at radius 2 is 2.05 bits per heavy atom. The number of halogens is 1. The van der Waals surface area contributed by atoms with E-state index in [2.05, 4.69) is 35.5 Å². The van der Waals surface area contributed by atoms with Crippen molar-refractivity contribution in [3.63, 3.8) is 0 Å². The van der Waals surface area contributed by atoms with Crippen molar-refractivity contribution in [2.75, 3.05) is 13.2 Å². The third-order valence-corrected chi connectivity index (χ3v) is 3.46. The van der Waals surface area contributed by atoms with Gasteiger partial charge < -0.3 is 15.4 Å². The maximum atomic E-state index is 5.63. The molecule has 0 amide bonds. The normalized spacial score (nSPS) is 20.4. The molecule has 1 aliphatic carbocycles. The molecule has 118 valence electrons. The number of ether oxygens (including phenoxy) is 1. The maximum absolute atomic E-state index is 5.63. The molecule has 2 rings (SSSR count). The van der Waals surface area contributed by atoms with Crippen LogP contribution < -0.4 is 15.4 Å². The summed E-state index contributed by atoms with van der Waals surface area (Å²) in [6.45, 7) is 8.53. The lowest BCUT2D eigenvalue weighted by molar-refractivity contribution is 0.336. The van der Waals surface area contributed by atoms with E-state index >= 15 is 0 Å². The average Bonchev–Trinajstić information content (AvgIpc) is 3.13. The predicted molar refractivity (Wildman–Crippen MR) is 98.5 cm³/mol. The van der Waals surface area contributed by atoms with Gasteiger partial charge in [0, 0.05) is 18.2 Å². The Morgan fingerprint density at radius 3 is 2.67 bits per heavy atom. The number of nitrogens with zero attached hydrogens (tertiary/aromatic N) is 1. The summed E-state index contributed by atoms with van der Waals surface area (Å²) >= 11 is 0. The molecule has 0 bridgehead atoms. The van der Waals surface area contributed by atoms with Crippen molar-refractivity contribution < 1.29 is 4.74 Å². The number of benzene rings is 1. The van der Waals surface area contributed by atoms with E-state index in [-0.39, 0.29) is 24.0 Å². The van der Waals surface area contributed by atoms with Crippen LogP contribution in [0.1, 0.15) is 32.8 Å². The lowest BCUT2D eigenvalue weighted by atomic mass is 10.2. The summed E-state index contributed by atoms with van der Waals surface area (Å²) in [6.07, 6.45) is 1.24. The van der Waals surface area contributed by atoms with Crippen molar-refractivity contribution in [1.29, 1.82) is 0 Å². The smallest absolute Gasteiger partial charge is 0.191 e. The van der Waals surface area contributed by atoms with Gasteiger partial charge in [0.15, 0.2) is 5.96 Å². The fourth-order valence-electron chi connectivity index (χ4n) is 2.11. The molecule has 1 saturated carbocycles. The number of nitrogens with one attached hydrogen (secondary N) is 2. The van der Waals surface area contributed by atoms with Gasteiger partial charge in [0.25, 0.3) is 0 Å². The second-order valence-corrected chi connectivity index (χ2v) is 5.20. The minimum absolute atomic E-state index is 0. The van der Waals surface area contributed by atoms with Crippen LogP contribution in [0, 0.1) is 5.92 Å². The number of rotatable bonds is 6. The highest BCUT2D eigenvalue weighted by Gasteiger charge is 2.33. The molecule has 4 nitrogen and oxygen atoms in total. The molecule has 0 saturated heterocycles. The molecule has 2 atom stereocenters. The molecule has 21 heavy (non-hydrogen) atoms. The van der Waals surface area contributed by atoms with Gasteiger partial charge in [0.1, 0.15) is 5.75 Å². The predicted octanol–water partition coefficient (Wildman–Crippen LogP) is 3.17. The molecule has 5 heteroatoms. The molecule has 2 unspecified atom stereocenters. The molecule has 1 aliphatic rings. The lowest BCUT2D eigenvalue weighted by Crippen LogP contribution is -2.39. The summed E-state index contributed by atoms with van der Waals surface area (Å²) in [5, 5.41) is 6.76. The van der Waals surface area contributed by atoms with Crippen molar-refractivity contribution in [3.8, 4) is 5.75 Å². The topological polar surface area (TPSA) is 45.7 Å². The van der Waals surface area contributed by atoms with Crippen molar-refractivity contribution >= 4 is 29.9 Å². The van der Waals surface area contributed by atoms with Crippen molar-refractivity contribution in [2.45, 2.75) is 39.8 Å². The van der Waals surface area contributed by atoms with E-state index in [1.807, 2.05) is 25.1 Å². The number of aliphatic imine (C=N–C) groups is 1. The number of hydrogen-bond acceptors (Lipinski definition) is 2. The minimum atomic E-state index is 0. The molecule has 0 radical (unpaired) electrons. The molecule has 0 aliphatic heterocycles. The van der Waals surface area contributed by atoms with Gasteiger partial charge in [0.2, 0.25) is 0 Å². The lowest BCUT2D eigenvalue weighted by Gasteiger charge is -2.12. The summed E-state index contributed by atoms with van der Waals surface area (Å²) in [7, 11) is 0. The third-order valence-electron chi connectivity index (χ3n) is 3.46. The summed E-state index contributed by atoms with van der Waals surface area (Å²) < 4.78 is 5.63. The van der Waals surface area contributed by atoms with E-state index in [1.165, 1.54) is 6.42 Å². The molecule has 1 aromatic carbocycles. The molecule has 1 fully saturated rings. The van der Waals surface area contributed by atoms with Crippen LogP contribution in [0.5, 0.6) is 5.75 Å². The van der Waals surface area contributed by atoms with Gasteiger partial charge in [-0.3, -0.25) is 0 Å². The summed E-state index contributed by atoms with van der Waals surface area (Å²) in [5.74, 6) is 2.58. The molecule has 0 heterocycles. The minimum Gasteiger partial charge on any atom is -0.494 e. The van der Waals surface area contributed by atoms with Crippen LogP contribution in [0.15, 0.2) is 29.3 Å². The van der Waals surface area contributed by atoms with Crippen LogP contribution >= 0.6 is 24.0 Å². The Kier molecular flexibility index (Phi) is 7.85. The zero-order chi connectivity index (χ0) is 14.4. The Labute approximate surface area is 144 Å². The molecule has 2 N–H and O–H groups in total. The first-order chi connectivity index (χ1) is 9.74. The molecular formula is C16H26IN3O. The highest BCUT2D eigenvalue weighted by molar-refractivity contribution is 14.0. The second kappa shape index (κ2) is 9.12. The Bertz CT molecular complexity index is 465. The van der Waals surface area contributed by atoms with Crippen LogP contribution in [-0.4, -0.2) is 25.2 Å². The molecule has 0 spiro atoms. The maximum Gasteiger partial charge on any atom is 0.191 e. The van der Waals surface area contributed by atoms with Gasteiger partial charge in [0.05, 0.1) is 13.2 Å². The highest BCUT2D eigenvalue weighted by atomic mass is 127. The van der Waals surface area contributed by atoms with Gasteiger partial charge in [-0.1, -0.05) is 25.1 Å². The van der Waals surface area contributed by atoms with Crippen LogP contribution in [-0.2, 0) is 6.54 Å². The first-order valence-electron chi connectivity index (χ1n) is 7.50. The van der Waals surface area contributed by atoms with E-state index in [0.29, 0.717) is 19.2 Å². The van der Waals surface area contributed by atoms with Crippen LogP contribution in [0.25, 0.3) is 0 Å². The largest absolute Gasteiger partial charge is 0.494 e. The molecule has 1 aromatic rings. The van der Waals surface area contributed by atoms with E-state index in [9.17, 15) is 0 Å². The standard InChI is InChI=1S/C16H25N3O.HI/c1-4-17-16(19-14-10-12(14)3)18-11-13-8-6-7-9-15(13)20-5-2;/h6-9,12,14H,4-5,10-11H2,1-3H3,(H2,17,18,19);1H. The zero-order valence-corrected chi connectivity index (χ0v) is 15.4. The van der Waals surface area contributed by atoms with E-state index in [4.69, 9.17) is 4.74 Å². The number of hydrogen-bond donors (Lipinski definition) is 2. The number of para-hydroxylation sites is 1. The van der Waals surface area contributed by atoms with Crippen molar-refractivity contribution in [3.05, 3.63) is 29.8 Å². The Balaban J connectivity index is 0.00000220. The monoisotopic (exact) mass is 403 g/mol. The van der Waals surface area contributed by atoms with Crippen LogP contribution in [0.3, 0.4) is 0 Å². The molecular weight excluding hydrogens is 377 g/mol. The van der Waals surface area contributed by atoms with E-state index in [0.717, 1.165) is 29.7 Å².